The van der Waals surface area contributed by atoms with Crippen LogP contribution in [0, 0.1) is 17.6 Å². The van der Waals surface area contributed by atoms with E-state index in [-0.39, 0.29) is 42.7 Å². The molecule has 2 aliphatic rings. The summed E-state index contributed by atoms with van der Waals surface area (Å²) in [6.45, 7) is 8.01. The minimum absolute atomic E-state index is 0. The second-order valence-corrected chi connectivity index (χ2v) is 9.77. The summed E-state index contributed by atoms with van der Waals surface area (Å²) < 4.78 is 39.3. The largest absolute Gasteiger partial charge is 0.489 e. The van der Waals surface area contributed by atoms with Crippen LogP contribution in [0.25, 0.3) is 0 Å². The standard InChI is InChI=1S/C26H34F2N4O3.ClH/c1-16(2)34-26(33)31-10-8-18(9-11-31)17(3)35-20-5-7-25(30-13-20)32-14-22(24(29)15-32)21-12-19(27)4-6-23(21)28;/h4-7,12-13,16-18,22,24H,8-11,14-15,29H2,1-3H3;1H/t17-,22+,24-;/m0./s1. The van der Waals surface area contributed by atoms with Gasteiger partial charge in [-0.1, -0.05) is 0 Å². The number of carbonyl (C=O) groups is 1. The monoisotopic (exact) mass is 524 g/mol. The molecule has 0 aliphatic carbocycles. The maximum Gasteiger partial charge on any atom is 0.410 e. The third-order valence-electron chi connectivity index (χ3n) is 6.89. The first-order valence-corrected chi connectivity index (χ1v) is 12.2. The van der Waals surface area contributed by atoms with Gasteiger partial charge in [-0.05, 0) is 75.4 Å². The molecule has 0 unspecified atom stereocenters. The van der Waals surface area contributed by atoms with E-state index >= 15 is 0 Å². The van der Waals surface area contributed by atoms with Crippen LogP contribution in [0.2, 0.25) is 0 Å². The number of ether oxygens (including phenoxy) is 2. The molecule has 0 bridgehead atoms. The molecule has 2 N–H and O–H groups in total. The molecule has 4 rings (SSSR count). The van der Waals surface area contributed by atoms with Gasteiger partial charge in [0.1, 0.15) is 23.2 Å². The number of nitrogens with two attached hydrogens (primary N) is 1. The molecule has 1 aromatic carbocycles. The molecule has 3 atom stereocenters. The molecule has 3 heterocycles. The highest BCUT2D eigenvalue weighted by Crippen LogP contribution is 2.32. The van der Waals surface area contributed by atoms with Crippen molar-refractivity contribution in [1.29, 1.82) is 0 Å². The Hall–Kier alpha value is -2.65. The summed E-state index contributed by atoms with van der Waals surface area (Å²) in [6, 6.07) is 6.90. The van der Waals surface area contributed by atoms with Gasteiger partial charge in [0.05, 0.1) is 18.4 Å². The number of piperidine rings is 1. The average molecular weight is 525 g/mol. The van der Waals surface area contributed by atoms with Crippen LogP contribution in [0.5, 0.6) is 5.75 Å². The maximum atomic E-state index is 14.3. The smallest absolute Gasteiger partial charge is 0.410 e. The van der Waals surface area contributed by atoms with Crippen molar-refractivity contribution in [2.45, 2.75) is 57.8 Å². The Morgan fingerprint density at radius 3 is 2.47 bits per heavy atom. The van der Waals surface area contributed by atoms with E-state index < -0.39 is 11.6 Å². The van der Waals surface area contributed by atoms with E-state index in [1.807, 2.05) is 37.8 Å². The molecule has 0 saturated carbocycles. The Bertz CT molecular complexity index is 1020. The van der Waals surface area contributed by atoms with Crippen LogP contribution >= 0.6 is 12.4 Å². The van der Waals surface area contributed by atoms with Gasteiger partial charge in [0.15, 0.2) is 0 Å². The quantitative estimate of drug-likeness (QED) is 0.588. The Kier molecular flexibility index (Phi) is 9.35. The highest BCUT2D eigenvalue weighted by atomic mass is 35.5. The SMILES string of the molecule is CC(C)OC(=O)N1CCC([C@H](C)Oc2ccc(N3C[C@H](c4cc(F)ccc4F)[C@@H](N)C3)nc2)CC1.Cl. The molecular weight excluding hydrogens is 490 g/mol. The number of benzene rings is 1. The normalized spacial score (nSPS) is 21.3. The zero-order valence-electron chi connectivity index (χ0n) is 20.9. The van der Waals surface area contributed by atoms with E-state index in [4.69, 9.17) is 15.2 Å². The molecule has 10 heteroatoms. The highest BCUT2D eigenvalue weighted by molar-refractivity contribution is 5.85. The first kappa shape index (κ1) is 27.9. The first-order valence-electron chi connectivity index (χ1n) is 12.2. The second-order valence-electron chi connectivity index (χ2n) is 9.77. The van der Waals surface area contributed by atoms with Crippen molar-refractivity contribution in [3.8, 4) is 5.75 Å². The van der Waals surface area contributed by atoms with Gasteiger partial charge in [-0.3, -0.25) is 0 Å². The van der Waals surface area contributed by atoms with Gasteiger partial charge < -0.3 is 25.0 Å². The molecule has 7 nitrogen and oxygen atoms in total. The number of nitrogens with zero attached hydrogens (tertiary/aromatic N) is 3. The Balaban J connectivity index is 0.00000361. The van der Waals surface area contributed by atoms with Crippen molar-refractivity contribution in [2.24, 2.45) is 11.7 Å². The van der Waals surface area contributed by atoms with E-state index in [9.17, 15) is 13.6 Å². The number of pyridine rings is 1. The zero-order valence-corrected chi connectivity index (χ0v) is 21.7. The fourth-order valence-corrected chi connectivity index (χ4v) is 4.91. The van der Waals surface area contributed by atoms with Crippen LogP contribution in [-0.2, 0) is 4.74 Å². The van der Waals surface area contributed by atoms with Crippen molar-refractivity contribution in [1.82, 2.24) is 9.88 Å². The number of carbonyl (C=O) groups excluding carboxylic acids is 1. The summed E-state index contributed by atoms with van der Waals surface area (Å²) in [7, 11) is 0. The topological polar surface area (TPSA) is 80.9 Å². The minimum atomic E-state index is -0.470. The number of rotatable bonds is 6. The van der Waals surface area contributed by atoms with Gasteiger partial charge in [-0.25, -0.2) is 18.6 Å². The van der Waals surface area contributed by atoms with E-state index in [0.717, 1.165) is 30.8 Å². The summed E-state index contributed by atoms with van der Waals surface area (Å²) >= 11 is 0. The number of hydrogen-bond acceptors (Lipinski definition) is 6. The van der Waals surface area contributed by atoms with Crippen molar-refractivity contribution >= 4 is 24.3 Å². The molecule has 198 valence electrons. The Labute approximate surface area is 217 Å². The highest BCUT2D eigenvalue weighted by Gasteiger charge is 2.34. The summed E-state index contributed by atoms with van der Waals surface area (Å²) in [6.07, 6.45) is 2.99. The summed E-state index contributed by atoms with van der Waals surface area (Å²) in [5, 5.41) is 0. The lowest BCUT2D eigenvalue weighted by molar-refractivity contribution is 0.0494. The third kappa shape index (κ3) is 6.56. The van der Waals surface area contributed by atoms with Gasteiger partial charge in [0.25, 0.3) is 0 Å². The van der Waals surface area contributed by atoms with E-state index in [1.165, 1.54) is 6.07 Å². The average Bonchev–Trinajstić information content (AvgIpc) is 3.22. The lowest BCUT2D eigenvalue weighted by atomic mass is 9.92. The minimum Gasteiger partial charge on any atom is -0.489 e. The number of hydrogen-bond donors (Lipinski definition) is 1. The fourth-order valence-electron chi connectivity index (χ4n) is 4.91. The van der Waals surface area contributed by atoms with Crippen LogP contribution in [0.15, 0.2) is 36.5 Å². The fraction of sp³-hybridized carbons (Fsp3) is 0.538. The number of likely N-dealkylation sites (tertiary alicyclic amines) is 1. The predicted molar refractivity (Wildman–Crippen MR) is 137 cm³/mol. The summed E-state index contributed by atoms with van der Waals surface area (Å²) in [5.74, 6) is 0.489. The van der Waals surface area contributed by atoms with Gasteiger partial charge >= 0.3 is 6.09 Å². The van der Waals surface area contributed by atoms with Crippen molar-refractivity contribution in [3.05, 3.63) is 53.7 Å². The van der Waals surface area contributed by atoms with Gasteiger partial charge in [-0.2, -0.15) is 0 Å². The number of anilines is 1. The number of halogens is 3. The Morgan fingerprint density at radius 1 is 1.11 bits per heavy atom. The molecule has 2 fully saturated rings. The molecule has 2 aromatic rings. The first-order chi connectivity index (χ1) is 16.7. The van der Waals surface area contributed by atoms with Gasteiger partial charge in [0.2, 0.25) is 0 Å². The second kappa shape index (κ2) is 12.1. The van der Waals surface area contributed by atoms with Crippen LogP contribution in [-0.4, -0.2) is 60.4 Å². The summed E-state index contributed by atoms with van der Waals surface area (Å²) in [5.41, 5.74) is 6.58. The van der Waals surface area contributed by atoms with E-state index in [2.05, 4.69) is 4.98 Å². The van der Waals surface area contributed by atoms with Crippen LogP contribution < -0.4 is 15.4 Å². The molecule has 0 spiro atoms. The van der Waals surface area contributed by atoms with Crippen molar-refractivity contribution in [2.75, 3.05) is 31.1 Å². The number of amides is 1. The summed E-state index contributed by atoms with van der Waals surface area (Å²) in [4.78, 5) is 20.4. The van der Waals surface area contributed by atoms with E-state index in [1.54, 1.807) is 11.1 Å². The molecule has 2 aliphatic heterocycles. The lowest BCUT2D eigenvalue weighted by Crippen LogP contribution is -2.42. The van der Waals surface area contributed by atoms with Gasteiger partial charge in [-0.15, -0.1) is 12.4 Å². The Morgan fingerprint density at radius 2 is 1.83 bits per heavy atom. The van der Waals surface area contributed by atoms with Crippen LogP contribution in [0.3, 0.4) is 0 Å². The molecule has 2 saturated heterocycles. The van der Waals surface area contributed by atoms with Crippen LogP contribution in [0.1, 0.15) is 45.1 Å². The van der Waals surface area contributed by atoms with Crippen molar-refractivity contribution in [3.63, 3.8) is 0 Å². The van der Waals surface area contributed by atoms with Crippen LogP contribution in [0.4, 0.5) is 19.4 Å². The molecule has 0 radical (unpaired) electrons. The number of aromatic nitrogens is 1. The van der Waals surface area contributed by atoms with Gasteiger partial charge in [0, 0.05) is 38.1 Å². The third-order valence-corrected chi connectivity index (χ3v) is 6.89. The van der Waals surface area contributed by atoms with E-state index in [0.29, 0.717) is 43.4 Å². The molecule has 1 aromatic heterocycles. The zero-order chi connectivity index (χ0) is 25.1. The molecule has 36 heavy (non-hydrogen) atoms. The maximum absolute atomic E-state index is 14.3. The predicted octanol–water partition coefficient (Wildman–Crippen LogP) is 4.74. The lowest BCUT2D eigenvalue weighted by Gasteiger charge is -2.34. The molecule has 1 amide bonds. The van der Waals surface area contributed by atoms with Crippen molar-refractivity contribution < 1.29 is 23.0 Å². The molecular formula is C26H35ClF2N4O3.